The Balaban J connectivity index is 1.42. The van der Waals surface area contributed by atoms with E-state index in [4.69, 9.17) is 14.0 Å². The molecule has 0 aromatic carbocycles. The molecule has 7 heteroatoms. The number of nitrogens with zero attached hydrogens (tertiary/aromatic N) is 3. The van der Waals surface area contributed by atoms with Crippen LogP contribution in [0.4, 0.5) is 0 Å². The van der Waals surface area contributed by atoms with Crippen LogP contribution in [0, 0.1) is 6.92 Å². The standard InChI is InChI=1S/C18H21N3O4/c1-12-10-14(20-25-12)18(22)21-8-9-23-17-15(21)5-6-16(17)24-11-13-4-2-3-7-19-13/h2-4,7,10,15-17H,5-6,8-9,11H2,1H3/t15-,16-,17+/m0/s1. The number of ether oxygens (including phenoxy) is 2. The maximum Gasteiger partial charge on any atom is 0.276 e. The number of fused-ring (bicyclic) bond motifs is 1. The number of aromatic nitrogens is 2. The van der Waals surface area contributed by atoms with Crippen molar-refractivity contribution in [2.75, 3.05) is 13.2 Å². The van der Waals surface area contributed by atoms with E-state index in [1.807, 2.05) is 23.1 Å². The highest BCUT2D eigenvalue weighted by molar-refractivity contribution is 5.92. The molecule has 2 aliphatic rings. The molecule has 2 fully saturated rings. The minimum atomic E-state index is -0.102. The first kappa shape index (κ1) is 16.2. The molecule has 0 radical (unpaired) electrons. The predicted molar refractivity (Wildman–Crippen MR) is 87.9 cm³/mol. The average molecular weight is 343 g/mol. The van der Waals surface area contributed by atoms with Crippen molar-refractivity contribution in [2.45, 2.75) is 44.6 Å². The van der Waals surface area contributed by atoms with Crippen LogP contribution in [0.1, 0.15) is 34.8 Å². The molecule has 3 atom stereocenters. The van der Waals surface area contributed by atoms with E-state index >= 15 is 0 Å². The molecule has 1 saturated heterocycles. The monoisotopic (exact) mass is 343 g/mol. The molecule has 1 amide bonds. The molecule has 0 spiro atoms. The van der Waals surface area contributed by atoms with Gasteiger partial charge in [-0.2, -0.15) is 0 Å². The number of morpholine rings is 1. The minimum absolute atomic E-state index is 0.0204. The van der Waals surface area contributed by atoms with E-state index in [0.29, 0.717) is 31.2 Å². The second-order valence-corrected chi connectivity index (χ2v) is 6.47. The number of rotatable bonds is 4. The summed E-state index contributed by atoms with van der Waals surface area (Å²) in [5, 5.41) is 3.85. The van der Waals surface area contributed by atoms with Gasteiger partial charge in [0.05, 0.1) is 31.1 Å². The molecular weight excluding hydrogens is 322 g/mol. The summed E-state index contributed by atoms with van der Waals surface area (Å²) in [6.45, 7) is 3.31. The normalized spacial score (nSPS) is 25.8. The van der Waals surface area contributed by atoms with Crippen LogP contribution >= 0.6 is 0 Å². The van der Waals surface area contributed by atoms with Gasteiger partial charge in [0.25, 0.3) is 5.91 Å². The maximum absolute atomic E-state index is 12.7. The van der Waals surface area contributed by atoms with Crippen molar-refractivity contribution in [3.63, 3.8) is 0 Å². The Labute approximate surface area is 145 Å². The molecule has 1 aliphatic carbocycles. The van der Waals surface area contributed by atoms with Crippen LogP contribution in [0.5, 0.6) is 0 Å². The van der Waals surface area contributed by atoms with Crippen molar-refractivity contribution in [3.05, 3.63) is 47.6 Å². The second-order valence-electron chi connectivity index (χ2n) is 6.47. The van der Waals surface area contributed by atoms with Crippen molar-refractivity contribution in [1.29, 1.82) is 0 Å². The lowest BCUT2D eigenvalue weighted by molar-refractivity contribution is -0.109. The Morgan fingerprint density at radius 1 is 1.40 bits per heavy atom. The van der Waals surface area contributed by atoms with Gasteiger partial charge in [0, 0.05) is 18.8 Å². The van der Waals surface area contributed by atoms with Gasteiger partial charge in [-0.15, -0.1) is 0 Å². The van der Waals surface area contributed by atoms with Gasteiger partial charge in [0.2, 0.25) is 0 Å². The quantitative estimate of drug-likeness (QED) is 0.845. The minimum Gasteiger partial charge on any atom is -0.372 e. The highest BCUT2D eigenvalue weighted by Crippen LogP contribution is 2.33. The highest BCUT2D eigenvalue weighted by atomic mass is 16.5. The van der Waals surface area contributed by atoms with Crippen LogP contribution in [0.25, 0.3) is 0 Å². The SMILES string of the molecule is Cc1cc(C(=O)N2CCO[C@H]3[C@@H](OCc4ccccn4)CC[C@@H]32)no1. The molecule has 7 nitrogen and oxygen atoms in total. The van der Waals surface area contributed by atoms with Gasteiger partial charge < -0.3 is 18.9 Å². The van der Waals surface area contributed by atoms with Crippen LogP contribution in [0.2, 0.25) is 0 Å². The number of carbonyl (C=O) groups is 1. The first-order chi connectivity index (χ1) is 12.2. The van der Waals surface area contributed by atoms with Gasteiger partial charge in [0.15, 0.2) is 5.69 Å². The van der Waals surface area contributed by atoms with Crippen molar-refractivity contribution >= 4 is 5.91 Å². The van der Waals surface area contributed by atoms with Crippen molar-refractivity contribution < 1.29 is 18.8 Å². The van der Waals surface area contributed by atoms with Gasteiger partial charge in [-0.1, -0.05) is 11.2 Å². The van der Waals surface area contributed by atoms with Gasteiger partial charge in [-0.25, -0.2) is 0 Å². The zero-order valence-electron chi connectivity index (χ0n) is 14.1. The third kappa shape index (κ3) is 3.29. The molecule has 132 valence electrons. The van der Waals surface area contributed by atoms with Crippen LogP contribution in [-0.4, -0.2) is 52.3 Å². The third-order valence-corrected chi connectivity index (χ3v) is 4.81. The average Bonchev–Trinajstić information content (AvgIpc) is 3.26. The Kier molecular flexibility index (Phi) is 4.50. The van der Waals surface area contributed by atoms with E-state index in [-0.39, 0.29) is 24.2 Å². The van der Waals surface area contributed by atoms with Gasteiger partial charge >= 0.3 is 0 Å². The van der Waals surface area contributed by atoms with Crippen LogP contribution in [0.3, 0.4) is 0 Å². The number of amides is 1. The topological polar surface area (TPSA) is 77.7 Å². The van der Waals surface area contributed by atoms with Crippen LogP contribution < -0.4 is 0 Å². The molecular formula is C18H21N3O4. The van der Waals surface area contributed by atoms with E-state index in [1.54, 1.807) is 19.2 Å². The summed E-state index contributed by atoms with van der Waals surface area (Å²) in [6, 6.07) is 7.47. The molecule has 4 rings (SSSR count). The first-order valence-corrected chi connectivity index (χ1v) is 8.60. The number of pyridine rings is 1. The summed E-state index contributed by atoms with van der Waals surface area (Å²) in [7, 11) is 0. The van der Waals surface area contributed by atoms with E-state index in [9.17, 15) is 4.79 Å². The lowest BCUT2D eigenvalue weighted by Gasteiger charge is -2.38. The number of aryl methyl sites for hydroxylation is 1. The molecule has 2 aromatic rings. The summed E-state index contributed by atoms with van der Waals surface area (Å²) in [6.07, 6.45) is 3.35. The summed E-state index contributed by atoms with van der Waals surface area (Å²) in [5.74, 6) is 0.539. The maximum atomic E-state index is 12.7. The smallest absolute Gasteiger partial charge is 0.276 e. The lowest BCUT2D eigenvalue weighted by atomic mass is 10.1. The zero-order chi connectivity index (χ0) is 17.2. The molecule has 2 aromatic heterocycles. The highest BCUT2D eigenvalue weighted by Gasteiger charge is 2.45. The molecule has 1 aliphatic heterocycles. The number of hydrogen-bond donors (Lipinski definition) is 0. The van der Waals surface area contributed by atoms with Crippen molar-refractivity contribution in [2.24, 2.45) is 0 Å². The number of hydrogen-bond acceptors (Lipinski definition) is 6. The van der Waals surface area contributed by atoms with Crippen LogP contribution in [-0.2, 0) is 16.1 Å². The van der Waals surface area contributed by atoms with Crippen LogP contribution in [0.15, 0.2) is 35.0 Å². The van der Waals surface area contributed by atoms with E-state index in [2.05, 4.69) is 10.1 Å². The summed E-state index contributed by atoms with van der Waals surface area (Å²) >= 11 is 0. The molecule has 25 heavy (non-hydrogen) atoms. The molecule has 0 unspecified atom stereocenters. The second kappa shape index (κ2) is 6.93. The van der Waals surface area contributed by atoms with E-state index < -0.39 is 0 Å². The largest absolute Gasteiger partial charge is 0.372 e. The fourth-order valence-corrected chi connectivity index (χ4v) is 3.64. The van der Waals surface area contributed by atoms with E-state index in [0.717, 1.165) is 18.5 Å². The third-order valence-electron chi connectivity index (χ3n) is 4.81. The lowest BCUT2D eigenvalue weighted by Crippen LogP contribution is -2.54. The van der Waals surface area contributed by atoms with Crippen molar-refractivity contribution in [1.82, 2.24) is 15.0 Å². The summed E-state index contributed by atoms with van der Waals surface area (Å²) in [4.78, 5) is 18.9. The van der Waals surface area contributed by atoms with Gasteiger partial charge in [0.1, 0.15) is 11.9 Å². The van der Waals surface area contributed by atoms with Crippen molar-refractivity contribution in [3.8, 4) is 0 Å². The zero-order valence-corrected chi connectivity index (χ0v) is 14.1. The van der Waals surface area contributed by atoms with E-state index in [1.165, 1.54) is 0 Å². The fourth-order valence-electron chi connectivity index (χ4n) is 3.64. The summed E-state index contributed by atoms with van der Waals surface area (Å²) < 4.78 is 17.0. The predicted octanol–water partition coefficient (Wildman–Crippen LogP) is 1.97. The van der Waals surface area contributed by atoms with Gasteiger partial charge in [-0.05, 0) is 31.9 Å². The Hall–Kier alpha value is -2.25. The number of carbonyl (C=O) groups excluding carboxylic acids is 1. The Morgan fingerprint density at radius 2 is 2.32 bits per heavy atom. The molecule has 3 heterocycles. The molecule has 0 bridgehead atoms. The first-order valence-electron chi connectivity index (χ1n) is 8.60. The Bertz CT molecular complexity index is 733. The van der Waals surface area contributed by atoms with Gasteiger partial charge in [-0.3, -0.25) is 9.78 Å². The summed E-state index contributed by atoms with van der Waals surface area (Å²) in [5.41, 5.74) is 1.25. The Morgan fingerprint density at radius 3 is 3.08 bits per heavy atom. The molecule has 0 N–H and O–H groups in total. The molecule has 1 saturated carbocycles. The fraction of sp³-hybridized carbons (Fsp3) is 0.500.